The Balaban J connectivity index is 1.44. The van der Waals surface area contributed by atoms with Crippen LogP contribution in [0.5, 0.6) is 0 Å². The van der Waals surface area contributed by atoms with Gasteiger partial charge < -0.3 is 4.98 Å². The first-order chi connectivity index (χ1) is 12.7. The molecule has 0 aliphatic carbocycles. The lowest BCUT2D eigenvalue weighted by Crippen LogP contribution is -2.02. The molecule has 2 aromatic carbocycles. The summed E-state index contributed by atoms with van der Waals surface area (Å²) in [6.45, 7) is 0. The van der Waals surface area contributed by atoms with Crippen molar-refractivity contribution >= 4 is 28.6 Å². The molecule has 0 saturated heterocycles. The number of nitrogens with zero attached hydrogens (tertiary/aromatic N) is 2. The molecule has 2 heterocycles. The second-order valence-corrected chi connectivity index (χ2v) is 6.70. The summed E-state index contributed by atoms with van der Waals surface area (Å²) in [4.78, 5) is 24.3. The van der Waals surface area contributed by atoms with Crippen LogP contribution in [0.3, 0.4) is 0 Å². The Hall–Kier alpha value is -2.99. The predicted molar refractivity (Wildman–Crippen MR) is 101 cm³/mol. The molecule has 128 valence electrons. The highest BCUT2D eigenvalue weighted by Gasteiger charge is 2.09. The van der Waals surface area contributed by atoms with E-state index in [-0.39, 0.29) is 17.4 Å². The van der Waals surface area contributed by atoms with E-state index in [1.807, 2.05) is 36.4 Å². The van der Waals surface area contributed by atoms with Crippen molar-refractivity contribution in [2.24, 2.45) is 0 Å². The van der Waals surface area contributed by atoms with Crippen LogP contribution in [-0.4, -0.2) is 26.5 Å². The fraction of sp³-hybridized carbons (Fsp3) is 0.0500. The highest BCUT2D eigenvalue weighted by Crippen LogP contribution is 2.23. The molecule has 2 aromatic heterocycles. The number of para-hydroxylation sites is 2. The summed E-state index contributed by atoms with van der Waals surface area (Å²) >= 11 is 1.35. The van der Waals surface area contributed by atoms with Gasteiger partial charge in [-0.1, -0.05) is 23.9 Å². The Morgan fingerprint density at radius 3 is 2.58 bits per heavy atom. The number of Topliss-reactive ketones (excluding diaryl/α,β-unsaturated/α-hetero) is 1. The van der Waals surface area contributed by atoms with Crippen LogP contribution in [0.15, 0.2) is 71.9 Å². The second-order valence-electron chi connectivity index (χ2n) is 5.71. The molecule has 4 nitrogen and oxygen atoms in total. The van der Waals surface area contributed by atoms with E-state index in [4.69, 9.17) is 0 Å². The predicted octanol–water partition coefficient (Wildman–Crippen LogP) is 4.74. The first-order valence-corrected chi connectivity index (χ1v) is 9.00. The molecule has 4 aromatic rings. The summed E-state index contributed by atoms with van der Waals surface area (Å²) in [5, 5.41) is 0.750. The third-order valence-corrected chi connectivity index (χ3v) is 4.86. The molecule has 0 unspecified atom stereocenters. The minimum absolute atomic E-state index is 0.0573. The van der Waals surface area contributed by atoms with Crippen LogP contribution >= 0.6 is 11.8 Å². The molecule has 0 aliphatic heterocycles. The molecule has 0 atom stereocenters. The first kappa shape index (κ1) is 16.5. The number of hydrogen-bond donors (Lipinski definition) is 1. The number of pyridine rings is 1. The summed E-state index contributed by atoms with van der Waals surface area (Å²) in [5.74, 6) is 0.607. The molecule has 0 fully saturated rings. The maximum Gasteiger partial charge on any atom is 0.173 e. The number of fused-ring (bicyclic) bond motifs is 1. The second kappa shape index (κ2) is 7.09. The average molecular weight is 363 g/mol. The largest absolute Gasteiger partial charge is 0.338 e. The molecule has 6 heteroatoms. The number of imidazole rings is 1. The summed E-state index contributed by atoms with van der Waals surface area (Å²) in [7, 11) is 0. The van der Waals surface area contributed by atoms with Crippen LogP contribution in [0.1, 0.15) is 10.4 Å². The minimum atomic E-state index is -0.350. The van der Waals surface area contributed by atoms with E-state index in [0.717, 1.165) is 27.4 Å². The van der Waals surface area contributed by atoms with Crippen molar-refractivity contribution in [3.8, 4) is 11.4 Å². The number of nitrogens with one attached hydrogen (secondary N) is 1. The van der Waals surface area contributed by atoms with Gasteiger partial charge in [-0.05, 0) is 48.5 Å². The topological polar surface area (TPSA) is 58.6 Å². The van der Waals surface area contributed by atoms with Gasteiger partial charge in [-0.15, -0.1) is 0 Å². The van der Waals surface area contributed by atoms with E-state index in [9.17, 15) is 9.18 Å². The zero-order chi connectivity index (χ0) is 17.9. The van der Waals surface area contributed by atoms with Crippen LogP contribution in [0.25, 0.3) is 22.4 Å². The Morgan fingerprint density at radius 1 is 1.04 bits per heavy atom. The lowest BCUT2D eigenvalue weighted by atomic mass is 10.1. The minimum Gasteiger partial charge on any atom is -0.338 e. The fourth-order valence-electron chi connectivity index (χ4n) is 2.55. The molecule has 1 N–H and O–H groups in total. The van der Waals surface area contributed by atoms with Crippen molar-refractivity contribution in [1.82, 2.24) is 15.0 Å². The Kier molecular flexibility index (Phi) is 4.50. The van der Waals surface area contributed by atoms with Crippen molar-refractivity contribution in [2.45, 2.75) is 5.03 Å². The lowest BCUT2D eigenvalue weighted by Gasteiger charge is -2.02. The van der Waals surface area contributed by atoms with Gasteiger partial charge in [-0.25, -0.2) is 14.4 Å². The van der Waals surface area contributed by atoms with Crippen molar-refractivity contribution in [3.05, 3.63) is 78.2 Å². The van der Waals surface area contributed by atoms with Gasteiger partial charge in [0.1, 0.15) is 11.6 Å². The number of thioether (sulfide) groups is 1. The third kappa shape index (κ3) is 3.50. The highest BCUT2D eigenvalue weighted by atomic mass is 32.2. The number of carbonyl (C=O) groups is 1. The van der Waals surface area contributed by atoms with Gasteiger partial charge in [-0.2, -0.15) is 0 Å². The number of ketones is 1. The number of carbonyl (C=O) groups excluding carboxylic acids is 1. The SMILES string of the molecule is O=C(CSc1ccc(-c2nc3ccccc3[nH]2)cn1)c1ccc(F)cc1. The molecule has 4 rings (SSSR count). The van der Waals surface area contributed by atoms with Crippen molar-refractivity contribution in [1.29, 1.82) is 0 Å². The maximum absolute atomic E-state index is 12.9. The summed E-state index contributed by atoms with van der Waals surface area (Å²) in [6, 6.07) is 17.2. The monoisotopic (exact) mass is 363 g/mol. The molecular weight excluding hydrogens is 349 g/mol. The molecule has 0 amide bonds. The molecule has 0 bridgehead atoms. The number of aromatic nitrogens is 3. The van der Waals surface area contributed by atoms with E-state index in [2.05, 4.69) is 15.0 Å². The van der Waals surface area contributed by atoms with E-state index in [0.29, 0.717) is 5.56 Å². The normalized spacial score (nSPS) is 11.0. The number of rotatable bonds is 5. The van der Waals surface area contributed by atoms with E-state index < -0.39 is 0 Å². The van der Waals surface area contributed by atoms with E-state index in [1.54, 1.807) is 6.20 Å². The van der Waals surface area contributed by atoms with Crippen molar-refractivity contribution in [2.75, 3.05) is 5.75 Å². The first-order valence-electron chi connectivity index (χ1n) is 8.02. The van der Waals surface area contributed by atoms with E-state index >= 15 is 0 Å². The zero-order valence-corrected chi connectivity index (χ0v) is 14.5. The highest BCUT2D eigenvalue weighted by molar-refractivity contribution is 7.99. The molecule has 0 saturated carbocycles. The Labute approximate surface area is 153 Å². The smallest absolute Gasteiger partial charge is 0.173 e. The van der Waals surface area contributed by atoms with Gasteiger partial charge in [0.15, 0.2) is 5.78 Å². The van der Waals surface area contributed by atoms with Gasteiger partial charge in [0.05, 0.1) is 21.8 Å². The van der Waals surface area contributed by atoms with Crippen LogP contribution in [0, 0.1) is 5.82 Å². The number of H-pyrrole nitrogens is 1. The van der Waals surface area contributed by atoms with Crippen LogP contribution in [-0.2, 0) is 0 Å². The van der Waals surface area contributed by atoms with Crippen LogP contribution in [0.2, 0.25) is 0 Å². The summed E-state index contributed by atoms with van der Waals surface area (Å²) in [5.41, 5.74) is 3.27. The molecule has 0 radical (unpaired) electrons. The average Bonchev–Trinajstić information content (AvgIpc) is 3.11. The third-order valence-electron chi connectivity index (χ3n) is 3.92. The van der Waals surface area contributed by atoms with Crippen LogP contribution < -0.4 is 0 Å². The van der Waals surface area contributed by atoms with Gasteiger partial charge >= 0.3 is 0 Å². The number of benzene rings is 2. The quantitative estimate of drug-likeness (QED) is 0.411. The van der Waals surface area contributed by atoms with Gasteiger partial charge in [0.25, 0.3) is 0 Å². The van der Waals surface area contributed by atoms with Crippen molar-refractivity contribution < 1.29 is 9.18 Å². The van der Waals surface area contributed by atoms with Crippen LogP contribution in [0.4, 0.5) is 4.39 Å². The number of halogens is 1. The van der Waals surface area contributed by atoms with Gasteiger partial charge in [-0.3, -0.25) is 4.79 Å². The standard InChI is InChI=1S/C20H14FN3OS/c21-15-8-5-13(6-9-15)18(25)12-26-19-10-7-14(11-22-19)20-23-16-3-1-2-4-17(16)24-20/h1-11H,12H2,(H,23,24). The fourth-order valence-corrected chi connectivity index (χ4v) is 3.29. The molecular formula is C20H14FN3OS. The number of aromatic amines is 1. The van der Waals surface area contributed by atoms with Gasteiger partial charge in [0, 0.05) is 17.3 Å². The number of hydrogen-bond acceptors (Lipinski definition) is 4. The zero-order valence-electron chi connectivity index (χ0n) is 13.6. The molecule has 0 spiro atoms. The molecule has 26 heavy (non-hydrogen) atoms. The molecule has 0 aliphatic rings. The van der Waals surface area contributed by atoms with Gasteiger partial charge in [0.2, 0.25) is 0 Å². The van der Waals surface area contributed by atoms with E-state index in [1.165, 1.54) is 36.0 Å². The summed E-state index contributed by atoms with van der Waals surface area (Å²) in [6.07, 6.45) is 1.74. The summed E-state index contributed by atoms with van der Waals surface area (Å²) < 4.78 is 12.9. The Morgan fingerprint density at radius 2 is 1.85 bits per heavy atom. The van der Waals surface area contributed by atoms with Crippen molar-refractivity contribution in [3.63, 3.8) is 0 Å². The maximum atomic E-state index is 12.9. The lowest BCUT2D eigenvalue weighted by molar-refractivity contribution is 0.102. The Bertz CT molecular complexity index is 1030.